The van der Waals surface area contributed by atoms with Crippen molar-refractivity contribution in [3.05, 3.63) is 35.9 Å². The van der Waals surface area contributed by atoms with Crippen LogP contribution in [0.15, 0.2) is 30.3 Å². The fourth-order valence-corrected chi connectivity index (χ4v) is 3.37. The highest BCUT2D eigenvalue weighted by atomic mass is 16.5. The van der Waals surface area contributed by atoms with Crippen molar-refractivity contribution in [2.75, 3.05) is 39.4 Å². The van der Waals surface area contributed by atoms with Gasteiger partial charge in [0, 0.05) is 39.0 Å². The van der Waals surface area contributed by atoms with Crippen molar-refractivity contribution in [1.29, 1.82) is 0 Å². The van der Waals surface area contributed by atoms with Crippen molar-refractivity contribution in [2.45, 2.75) is 12.8 Å². The third kappa shape index (κ3) is 2.99. The number of hydrogen-bond donors (Lipinski definition) is 0. The molecule has 0 bridgehead atoms. The molecule has 2 unspecified atom stereocenters. The van der Waals surface area contributed by atoms with Crippen LogP contribution in [0.1, 0.15) is 18.4 Å². The Morgan fingerprint density at radius 1 is 1.05 bits per heavy atom. The molecule has 2 heterocycles. The number of hydrogen-bond acceptors (Lipinski definition) is 3. The number of likely N-dealkylation sites (tertiary alicyclic amines) is 1. The maximum atomic E-state index is 12.9. The zero-order valence-corrected chi connectivity index (χ0v) is 12.9. The van der Waals surface area contributed by atoms with E-state index in [0.717, 1.165) is 5.56 Å². The van der Waals surface area contributed by atoms with Gasteiger partial charge in [0.1, 0.15) is 0 Å². The van der Waals surface area contributed by atoms with Crippen molar-refractivity contribution in [3.8, 4) is 0 Å². The summed E-state index contributed by atoms with van der Waals surface area (Å²) in [5.41, 5.74) is 1.14. The van der Waals surface area contributed by atoms with Gasteiger partial charge in [-0.15, -0.1) is 0 Å². The standard InChI is InChI=1S/C17H22N2O3/c1-13(20)19-11-15(14-5-3-2-4-6-14)16(12-19)17(21)18-7-9-22-10-8-18/h2-6,15-16H,7-12H2,1H3. The quantitative estimate of drug-likeness (QED) is 0.822. The predicted molar refractivity (Wildman–Crippen MR) is 82.3 cm³/mol. The van der Waals surface area contributed by atoms with E-state index in [0.29, 0.717) is 39.4 Å². The van der Waals surface area contributed by atoms with E-state index in [-0.39, 0.29) is 23.7 Å². The molecule has 1 aromatic carbocycles. The second-order valence-corrected chi connectivity index (χ2v) is 5.99. The molecular weight excluding hydrogens is 280 g/mol. The van der Waals surface area contributed by atoms with E-state index in [1.807, 2.05) is 35.2 Å². The van der Waals surface area contributed by atoms with Gasteiger partial charge in [0.15, 0.2) is 0 Å². The molecule has 0 spiro atoms. The summed E-state index contributed by atoms with van der Waals surface area (Å²) < 4.78 is 5.32. The Bertz CT molecular complexity index is 540. The maximum absolute atomic E-state index is 12.9. The first-order valence-electron chi connectivity index (χ1n) is 7.84. The maximum Gasteiger partial charge on any atom is 0.228 e. The molecule has 2 amide bonds. The van der Waals surface area contributed by atoms with Gasteiger partial charge in [0.05, 0.1) is 19.1 Å². The van der Waals surface area contributed by atoms with Crippen LogP contribution >= 0.6 is 0 Å². The average Bonchev–Trinajstić information content (AvgIpc) is 3.01. The van der Waals surface area contributed by atoms with E-state index in [1.54, 1.807) is 11.8 Å². The number of nitrogens with zero attached hydrogens (tertiary/aromatic N) is 2. The highest BCUT2D eigenvalue weighted by molar-refractivity contribution is 5.83. The van der Waals surface area contributed by atoms with Crippen LogP contribution in [0.3, 0.4) is 0 Å². The number of rotatable bonds is 2. The molecule has 2 aliphatic heterocycles. The molecule has 2 fully saturated rings. The molecule has 3 rings (SSSR count). The summed E-state index contributed by atoms with van der Waals surface area (Å²) in [5, 5.41) is 0. The third-order valence-corrected chi connectivity index (χ3v) is 4.63. The van der Waals surface area contributed by atoms with Crippen LogP contribution in [-0.2, 0) is 14.3 Å². The van der Waals surface area contributed by atoms with Gasteiger partial charge in [0.2, 0.25) is 11.8 Å². The lowest BCUT2D eigenvalue weighted by Gasteiger charge is -2.30. The first kappa shape index (κ1) is 15.0. The number of carbonyl (C=O) groups is 2. The molecule has 0 aromatic heterocycles. The largest absolute Gasteiger partial charge is 0.378 e. The Kier molecular flexibility index (Phi) is 4.43. The van der Waals surface area contributed by atoms with E-state index < -0.39 is 0 Å². The van der Waals surface area contributed by atoms with Gasteiger partial charge in [-0.2, -0.15) is 0 Å². The van der Waals surface area contributed by atoms with Gasteiger partial charge in [-0.3, -0.25) is 9.59 Å². The summed E-state index contributed by atoms with van der Waals surface area (Å²) in [6, 6.07) is 10.0. The lowest BCUT2D eigenvalue weighted by molar-refractivity contribution is -0.139. The molecule has 5 nitrogen and oxygen atoms in total. The molecule has 0 saturated carbocycles. The van der Waals surface area contributed by atoms with E-state index >= 15 is 0 Å². The van der Waals surface area contributed by atoms with Crippen LogP contribution < -0.4 is 0 Å². The fourth-order valence-electron chi connectivity index (χ4n) is 3.37. The van der Waals surface area contributed by atoms with E-state index in [9.17, 15) is 9.59 Å². The van der Waals surface area contributed by atoms with Gasteiger partial charge in [-0.05, 0) is 5.56 Å². The van der Waals surface area contributed by atoms with Gasteiger partial charge in [-0.1, -0.05) is 30.3 Å². The van der Waals surface area contributed by atoms with Crippen molar-refractivity contribution in [1.82, 2.24) is 9.80 Å². The van der Waals surface area contributed by atoms with Gasteiger partial charge < -0.3 is 14.5 Å². The smallest absolute Gasteiger partial charge is 0.228 e. The first-order valence-corrected chi connectivity index (χ1v) is 7.84. The summed E-state index contributed by atoms with van der Waals surface area (Å²) in [5.74, 6) is 0.129. The Morgan fingerprint density at radius 3 is 2.36 bits per heavy atom. The summed E-state index contributed by atoms with van der Waals surface area (Å²) in [7, 11) is 0. The van der Waals surface area contributed by atoms with Crippen LogP contribution in [-0.4, -0.2) is 61.0 Å². The Morgan fingerprint density at radius 2 is 1.73 bits per heavy atom. The first-order chi connectivity index (χ1) is 10.7. The molecular formula is C17H22N2O3. The van der Waals surface area contributed by atoms with E-state index in [4.69, 9.17) is 4.74 Å². The van der Waals surface area contributed by atoms with Crippen LogP contribution in [0.25, 0.3) is 0 Å². The Labute approximate surface area is 130 Å². The molecule has 2 atom stereocenters. The number of amides is 2. The fraction of sp³-hybridized carbons (Fsp3) is 0.529. The summed E-state index contributed by atoms with van der Waals surface area (Å²) in [6.45, 7) is 5.22. The summed E-state index contributed by atoms with van der Waals surface area (Å²) >= 11 is 0. The molecule has 0 radical (unpaired) electrons. The highest BCUT2D eigenvalue weighted by Crippen LogP contribution is 2.34. The average molecular weight is 302 g/mol. The minimum atomic E-state index is -0.149. The SMILES string of the molecule is CC(=O)N1CC(C(=O)N2CCOCC2)C(c2ccccc2)C1. The molecule has 2 aliphatic rings. The zero-order chi connectivity index (χ0) is 15.5. The van der Waals surface area contributed by atoms with Gasteiger partial charge in [-0.25, -0.2) is 0 Å². The lowest BCUT2D eigenvalue weighted by atomic mass is 9.88. The van der Waals surface area contributed by atoms with Crippen molar-refractivity contribution < 1.29 is 14.3 Å². The van der Waals surface area contributed by atoms with E-state index in [1.165, 1.54) is 0 Å². The van der Waals surface area contributed by atoms with Gasteiger partial charge in [0.25, 0.3) is 0 Å². The number of morpholine rings is 1. The van der Waals surface area contributed by atoms with Crippen LogP contribution in [0.4, 0.5) is 0 Å². The number of benzene rings is 1. The van der Waals surface area contributed by atoms with Gasteiger partial charge >= 0.3 is 0 Å². The summed E-state index contributed by atoms with van der Waals surface area (Å²) in [4.78, 5) is 28.3. The minimum Gasteiger partial charge on any atom is -0.378 e. The van der Waals surface area contributed by atoms with Crippen LogP contribution in [0.2, 0.25) is 0 Å². The summed E-state index contributed by atoms with van der Waals surface area (Å²) in [6.07, 6.45) is 0. The molecule has 118 valence electrons. The highest BCUT2D eigenvalue weighted by Gasteiger charge is 2.41. The van der Waals surface area contributed by atoms with Crippen molar-refractivity contribution in [3.63, 3.8) is 0 Å². The minimum absolute atomic E-state index is 0.0400. The molecule has 0 N–H and O–H groups in total. The monoisotopic (exact) mass is 302 g/mol. The van der Waals surface area contributed by atoms with Crippen molar-refractivity contribution >= 4 is 11.8 Å². The lowest BCUT2D eigenvalue weighted by Crippen LogP contribution is -2.45. The Hall–Kier alpha value is -1.88. The second-order valence-electron chi connectivity index (χ2n) is 5.99. The molecule has 22 heavy (non-hydrogen) atoms. The zero-order valence-electron chi connectivity index (χ0n) is 12.9. The Balaban J connectivity index is 1.82. The third-order valence-electron chi connectivity index (χ3n) is 4.63. The molecule has 1 aromatic rings. The number of ether oxygens (including phenoxy) is 1. The molecule has 2 saturated heterocycles. The predicted octanol–water partition coefficient (Wildman–Crippen LogP) is 1.11. The molecule has 5 heteroatoms. The molecule has 0 aliphatic carbocycles. The second kappa shape index (κ2) is 6.48. The normalized spacial score (nSPS) is 25.3. The topological polar surface area (TPSA) is 49.9 Å². The van der Waals surface area contributed by atoms with Crippen LogP contribution in [0.5, 0.6) is 0 Å². The number of carbonyl (C=O) groups excluding carboxylic acids is 2. The van der Waals surface area contributed by atoms with Crippen LogP contribution in [0, 0.1) is 5.92 Å². The van der Waals surface area contributed by atoms with Crippen molar-refractivity contribution in [2.24, 2.45) is 5.92 Å². The van der Waals surface area contributed by atoms with E-state index in [2.05, 4.69) is 0 Å².